The lowest BCUT2D eigenvalue weighted by atomic mass is 9.70. The fourth-order valence-electron chi connectivity index (χ4n) is 3.72. The zero-order valence-corrected chi connectivity index (χ0v) is 15.1. The highest BCUT2D eigenvalue weighted by molar-refractivity contribution is 5.79. The van der Waals surface area contributed by atoms with Crippen LogP contribution in [0.4, 0.5) is 0 Å². The van der Waals surface area contributed by atoms with Crippen LogP contribution in [0.25, 0.3) is 0 Å². The van der Waals surface area contributed by atoms with E-state index in [9.17, 15) is 9.59 Å². The highest BCUT2D eigenvalue weighted by Gasteiger charge is 2.50. The molecule has 0 saturated carbocycles. The Morgan fingerprint density at radius 1 is 1.32 bits per heavy atom. The predicted molar refractivity (Wildman–Crippen MR) is 86.2 cm³/mol. The SMILES string of the molecule is CCC(CC(C)C)C1OC(=O)C1C(C)CC(C)(C)C(=O)OC. The van der Waals surface area contributed by atoms with Crippen LogP contribution in [0.1, 0.15) is 60.8 Å². The van der Waals surface area contributed by atoms with Crippen LogP contribution in [0.5, 0.6) is 0 Å². The smallest absolute Gasteiger partial charge is 0.313 e. The van der Waals surface area contributed by atoms with Gasteiger partial charge in [-0.1, -0.05) is 27.7 Å². The van der Waals surface area contributed by atoms with Gasteiger partial charge in [0.2, 0.25) is 0 Å². The van der Waals surface area contributed by atoms with E-state index < -0.39 is 5.41 Å². The van der Waals surface area contributed by atoms with Crippen LogP contribution >= 0.6 is 0 Å². The Balaban J connectivity index is 2.76. The van der Waals surface area contributed by atoms with Gasteiger partial charge in [0.05, 0.1) is 18.4 Å². The van der Waals surface area contributed by atoms with Gasteiger partial charge >= 0.3 is 11.9 Å². The zero-order valence-electron chi connectivity index (χ0n) is 15.1. The molecule has 0 radical (unpaired) electrons. The molecule has 0 aromatic carbocycles. The monoisotopic (exact) mass is 312 g/mol. The number of carbonyl (C=O) groups excluding carboxylic acids is 2. The van der Waals surface area contributed by atoms with E-state index in [0.717, 1.165) is 12.8 Å². The largest absolute Gasteiger partial charge is 0.469 e. The Bertz CT molecular complexity index is 400. The molecule has 1 aliphatic rings. The number of hydrogen-bond acceptors (Lipinski definition) is 4. The summed E-state index contributed by atoms with van der Waals surface area (Å²) in [5.41, 5.74) is -0.575. The minimum atomic E-state index is -0.575. The van der Waals surface area contributed by atoms with Crippen LogP contribution in [-0.4, -0.2) is 25.2 Å². The van der Waals surface area contributed by atoms with Gasteiger partial charge in [0, 0.05) is 0 Å². The van der Waals surface area contributed by atoms with Gasteiger partial charge in [-0.3, -0.25) is 9.59 Å². The van der Waals surface area contributed by atoms with Crippen LogP contribution < -0.4 is 0 Å². The van der Waals surface area contributed by atoms with Crippen molar-refractivity contribution < 1.29 is 19.1 Å². The lowest BCUT2D eigenvalue weighted by Gasteiger charge is -2.44. The van der Waals surface area contributed by atoms with Crippen LogP contribution in [0.3, 0.4) is 0 Å². The third kappa shape index (κ3) is 4.23. The molecule has 22 heavy (non-hydrogen) atoms. The Hall–Kier alpha value is -1.06. The highest BCUT2D eigenvalue weighted by Crippen LogP contribution is 2.42. The Labute approximate surface area is 134 Å². The van der Waals surface area contributed by atoms with Gasteiger partial charge in [0.15, 0.2) is 0 Å². The second kappa shape index (κ2) is 7.47. The first kappa shape index (κ1) is 19.0. The van der Waals surface area contributed by atoms with E-state index in [0.29, 0.717) is 18.3 Å². The van der Waals surface area contributed by atoms with E-state index in [1.807, 2.05) is 20.8 Å². The maximum absolute atomic E-state index is 12.0. The maximum atomic E-state index is 12.0. The van der Waals surface area contributed by atoms with Gasteiger partial charge in [-0.25, -0.2) is 0 Å². The van der Waals surface area contributed by atoms with E-state index in [1.54, 1.807) is 0 Å². The van der Waals surface area contributed by atoms with Gasteiger partial charge in [-0.15, -0.1) is 0 Å². The molecule has 1 rings (SSSR count). The Morgan fingerprint density at radius 2 is 1.91 bits per heavy atom. The zero-order chi connectivity index (χ0) is 17.1. The molecule has 0 bridgehead atoms. The van der Waals surface area contributed by atoms with Crippen molar-refractivity contribution in [3.05, 3.63) is 0 Å². The molecule has 0 aromatic heterocycles. The van der Waals surface area contributed by atoms with Crippen LogP contribution in [-0.2, 0) is 19.1 Å². The molecule has 0 N–H and O–H groups in total. The molecule has 4 nitrogen and oxygen atoms in total. The van der Waals surface area contributed by atoms with Gasteiger partial charge in [-0.2, -0.15) is 0 Å². The van der Waals surface area contributed by atoms with Crippen molar-refractivity contribution in [1.82, 2.24) is 0 Å². The molecule has 4 heteroatoms. The number of esters is 2. The lowest BCUT2D eigenvalue weighted by molar-refractivity contribution is -0.200. The second-order valence-corrected chi connectivity index (χ2v) is 7.78. The van der Waals surface area contributed by atoms with Gasteiger partial charge in [-0.05, 0) is 50.9 Å². The number of methoxy groups -OCH3 is 1. The fraction of sp³-hybridized carbons (Fsp3) is 0.889. The first-order chi connectivity index (χ1) is 10.1. The summed E-state index contributed by atoms with van der Waals surface area (Å²) in [4.78, 5) is 23.8. The second-order valence-electron chi connectivity index (χ2n) is 7.78. The van der Waals surface area contributed by atoms with Crippen molar-refractivity contribution in [2.75, 3.05) is 7.11 Å². The molecule has 128 valence electrons. The van der Waals surface area contributed by atoms with Crippen molar-refractivity contribution >= 4 is 11.9 Å². The van der Waals surface area contributed by atoms with Crippen LogP contribution in [0, 0.1) is 29.1 Å². The Kier molecular flexibility index (Phi) is 6.45. The topological polar surface area (TPSA) is 52.6 Å². The molecular formula is C18H32O4. The molecule has 4 atom stereocenters. The summed E-state index contributed by atoms with van der Waals surface area (Å²) >= 11 is 0. The molecular weight excluding hydrogens is 280 g/mol. The van der Waals surface area contributed by atoms with E-state index in [4.69, 9.17) is 9.47 Å². The quantitative estimate of drug-likeness (QED) is 0.639. The first-order valence-electron chi connectivity index (χ1n) is 8.42. The fourth-order valence-corrected chi connectivity index (χ4v) is 3.72. The standard InChI is InChI=1S/C18H32O4/c1-8-13(9-11(2)3)15-14(16(19)22-15)12(4)10-18(5,6)17(20)21-7/h11-15H,8-10H2,1-7H3. The van der Waals surface area contributed by atoms with Crippen molar-refractivity contribution in [3.8, 4) is 0 Å². The minimum absolute atomic E-state index is 0.00310. The van der Waals surface area contributed by atoms with Crippen molar-refractivity contribution in [2.24, 2.45) is 29.1 Å². The van der Waals surface area contributed by atoms with E-state index >= 15 is 0 Å². The summed E-state index contributed by atoms with van der Waals surface area (Å²) in [6.45, 7) is 12.3. The minimum Gasteiger partial charge on any atom is -0.469 e. The summed E-state index contributed by atoms with van der Waals surface area (Å²) in [6, 6.07) is 0. The lowest BCUT2D eigenvalue weighted by Crippen LogP contribution is -2.53. The summed E-state index contributed by atoms with van der Waals surface area (Å²) in [7, 11) is 1.41. The number of cyclic esters (lactones) is 1. The molecule has 0 spiro atoms. The summed E-state index contributed by atoms with van der Waals surface area (Å²) in [6.07, 6.45) is 2.72. The van der Waals surface area contributed by atoms with Crippen molar-refractivity contribution in [1.29, 1.82) is 0 Å². The maximum Gasteiger partial charge on any atom is 0.313 e. The molecule has 0 aliphatic carbocycles. The van der Waals surface area contributed by atoms with E-state index in [-0.39, 0.29) is 29.9 Å². The Morgan fingerprint density at radius 3 is 2.32 bits per heavy atom. The highest BCUT2D eigenvalue weighted by atomic mass is 16.6. The van der Waals surface area contributed by atoms with Gasteiger partial charge < -0.3 is 9.47 Å². The summed E-state index contributed by atoms with van der Waals surface area (Å²) < 4.78 is 10.3. The molecule has 0 aromatic rings. The van der Waals surface area contributed by atoms with Crippen molar-refractivity contribution in [2.45, 2.75) is 66.9 Å². The number of hydrogen-bond donors (Lipinski definition) is 0. The molecule has 1 aliphatic heterocycles. The summed E-state index contributed by atoms with van der Waals surface area (Å²) in [5, 5.41) is 0. The van der Waals surface area contributed by atoms with Crippen LogP contribution in [0.15, 0.2) is 0 Å². The third-order valence-electron chi connectivity index (χ3n) is 4.82. The molecule has 1 saturated heterocycles. The van der Waals surface area contributed by atoms with E-state index in [1.165, 1.54) is 7.11 Å². The number of carbonyl (C=O) groups is 2. The van der Waals surface area contributed by atoms with Gasteiger partial charge in [0.1, 0.15) is 6.10 Å². The molecule has 0 amide bonds. The third-order valence-corrected chi connectivity index (χ3v) is 4.82. The van der Waals surface area contributed by atoms with E-state index in [2.05, 4.69) is 20.8 Å². The first-order valence-corrected chi connectivity index (χ1v) is 8.42. The van der Waals surface area contributed by atoms with Crippen molar-refractivity contribution in [3.63, 3.8) is 0 Å². The number of rotatable bonds is 8. The average molecular weight is 312 g/mol. The average Bonchev–Trinajstić information content (AvgIpc) is 2.40. The summed E-state index contributed by atoms with van der Waals surface area (Å²) in [5.74, 6) is 0.686. The molecule has 4 unspecified atom stereocenters. The van der Waals surface area contributed by atoms with Gasteiger partial charge in [0.25, 0.3) is 0 Å². The number of ether oxygens (including phenoxy) is 2. The van der Waals surface area contributed by atoms with Crippen LogP contribution in [0.2, 0.25) is 0 Å². The molecule has 1 fully saturated rings. The normalized spacial score (nSPS) is 24.5. The predicted octanol–water partition coefficient (Wildman–Crippen LogP) is 3.83. The molecule has 1 heterocycles.